The van der Waals surface area contributed by atoms with Crippen molar-refractivity contribution in [3.8, 4) is 0 Å². The van der Waals surface area contributed by atoms with Gasteiger partial charge in [0.15, 0.2) is 0 Å². The van der Waals surface area contributed by atoms with Crippen molar-refractivity contribution in [2.24, 2.45) is 5.92 Å². The largest absolute Gasteiger partial charge is 0.464 e. The van der Waals surface area contributed by atoms with Crippen LogP contribution in [0.1, 0.15) is 63.0 Å². The maximum Gasteiger partial charge on any atom is 0.144 e. The molecule has 0 spiro atoms. The van der Waals surface area contributed by atoms with Gasteiger partial charge >= 0.3 is 0 Å². The Bertz CT molecular complexity index is 1080. The standard InChI is InChI=1S/C29H34FNO/c1-29(24-10-6-3-7-11-24,20-22-8-4-2-5-9-22)16-18-31-17-14-23(21-31)25-12-13-27(30)26-15-19-32-28(25)26/h3,6-7,10-15,19,22H,2,4-5,8-9,16-18,20-21H2,1H3. The van der Waals surface area contributed by atoms with Crippen molar-refractivity contribution in [2.45, 2.75) is 57.3 Å². The van der Waals surface area contributed by atoms with Crippen LogP contribution < -0.4 is 0 Å². The second-order valence-electron chi connectivity index (χ2n) is 10.1. The second kappa shape index (κ2) is 9.23. The molecule has 1 aromatic heterocycles. The van der Waals surface area contributed by atoms with Crippen LogP contribution in [0.2, 0.25) is 0 Å². The summed E-state index contributed by atoms with van der Waals surface area (Å²) in [5.41, 5.74) is 4.63. The minimum atomic E-state index is -0.214. The fourth-order valence-corrected chi connectivity index (χ4v) is 5.89. The lowest BCUT2D eigenvalue weighted by molar-refractivity contribution is 0.231. The van der Waals surface area contributed by atoms with Crippen molar-refractivity contribution in [1.29, 1.82) is 0 Å². The summed E-state index contributed by atoms with van der Waals surface area (Å²) >= 11 is 0. The molecule has 1 fully saturated rings. The van der Waals surface area contributed by atoms with Gasteiger partial charge in [0.05, 0.1) is 11.6 Å². The molecular formula is C29H34FNO. The summed E-state index contributed by atoms with van der Waals surface area (Å²) in [6.45, 7) is 5.40. The van der Waals surface area contributed by atoms with Gasteiger partial charge in [-0.3, -0.25) is 4.90 Å². The number of benzene rings is 2. The quantitative estimate of drug-likeness (QED) is 0.383. The van der Waals surface area contributed by atoms with Crippen molar-refractivity contribution < 1.29 is 8.81 Å². The molecule has 2 aromatic carbocycles. The van der Waals surface area contributed by atoms with Crippen LogP contribution >= 0.6 is 0 Å². The highest BCUT2D eigenvalue weighted by Gasteiger charge is 2.32. The van der Waals surface area contributed by atoms with Crippen LogP contribution in [-0.4, -0.2) is 24.5 Å². The Morgan fingerprint density at radius 2 is 1.84 bits per heavy atom. The summed E-state index contributed by atoms with van der Waals surface area (Å²) in [6, 6.07) is 16.3. The van der Waals surface area contributed by atoms with Gasteiger partial charge in [0.1, 0.15) is 11.4 Å². The van der Waals surface area contributed by atoms with Gasteiger partial charge in [-0.05, 0) is 60.1 Å². The number of hydrogen-bond acceptors (Lipinski definition) is 2. The summed E-state index contributed by atoms with van der Waals surface area (Å²) in [7, 11) is 0. The average molecular weight is 432 g/mol. The van der Waals surface area contributed by atoms with Crippen LogP contribution in [0.15, 0.2) is 65.3 Å². The molecule has 0 bridgehead atoms. The van der Waals surface area contributed by atoms with Gasteiger partial charge < -0.3 is 4.42 Å². The third-order valence-electron chi connectivity index (χ3n) is 7.81. The van der Waals surface area contributed by atoms with Crippen LogP contribution in [0, 0.1) is 11.7 Å². The summed E-state index contributed by atoms with van der Waals surface area (Å²) in [4.78, 5) is 2.52. The molecule has 1 aliphatic heterocycles. The minimum Gasteiger partial charge on any atom is -0.464 e. The fourth-order valence-electron chi connectivity index (χ4n) is 5.89. The highest BCUT2D eigenvalue weighted by Crippen LogP contribution is 2.40. The zero-order valence-corrected chi connectivity index (χ0v) is 19.2. The lowest BCUT2D eigenvalue weighted by Crippen LogP contribution is -2.32. The summed E-state index contributed by atoms with van der Waals surface area (Å²) in [6.07, 6.45) is 13.3. The van der Waals surface area contributed by atoms with Crippen LogP contribution in [0.25, 0.3) is 16.5 Å². The maximum atomic E-state index is 14.1. The zero-order chi connectivity index (χ0) is 22.0. The monoisotopic (exact) mass is 431 g/mol. The maximum absolute atomic E-state index is 14.1. The third-order valence-corrected chi connectivity index (χ3v) is 7.81. The average Bonchev–Trinajstić information content (AvgIpc) is 3.50. The predicted molar refractivity (Wildman–Crippen MR) is 130 cm³/mol. The summed E-state index contributed by atoms with van der Waals surface area (Å²) in [5.74, 6) is 0.641. The molecule has 0 amide bonds. The summed E-state index contributed by atoms with van der Waals surface area (Å²) in [5, 5.41) is 0.575. The molecule has 1 unspecified atom stereocenters. The van der Waals surface area contributed by atoms with Gasteiger partial charge in [-0.25, -0.2) is 4.39 Å². The first-order valence-electron chi connectivity index (χ1n) is 12.3. The molecule has 1 atom stereocenters. The van der Waals surface area contributed by atoms with E-state index in [1.54, 1.807) is 18.4 Å². The molecule has 32 heavy (non-hydrogen) atoms. The van der Waals surface area contributed by atoms with E-state index < -0.39 is 0 Å². The van der Waals surface area contributed by atoms with E-state index in [0.717, 1.165) is 37.5 Å². The van der Waals surface area contributed by atoms with Crippen LogP contribution in [0.4, 0.5) is 4.39 Å². The topological polar surface area (TPSA) is 16.4 Å². The Morgan fingerprint density at radius 1 is 1.03 bits per heavy atom. The van der Waals surface area contributed by atoms with Crippen molar-refractivity contribution >= 4 is 16.5 Å². The number of hydrogen-bond donors (Lipinski definition) is 0. The smallest absolute Gasteiger partial charge is 0.144 e. The van der Waals surface area contributed by atoms with E-state index in [2.05, 4.69) is 48.2 Å². The second-order valence-corrected chi connectivity index (χ2v) is 10.1. The first-order chi connectivity index (χ1) is 15.6. The molecular weight excluding hydrogens is 397 g/mol. The van der Waals surface area contributed by atoms with E-state index in [1.165, 1.54) is 49.7 Å². The van der Waals surface area contributed by atoms with Crippen LogP contribution in [0.3, 0.4) is 0 Å². The first-order valence-corrected chi connectivity index (χ1v) is 12.3. The Morgan fingerprint density at radius 3 is 2.66 bits per heavy atom. The lowest BCUT2D eigenvalue weighted by atomic mass is 9.70. The number of rotatable bonds is 7. The SMILES string of the molecule is CC(CCN1CC=C(c2ccc(F)c3ccoc23)C1)(CC1CCCCC1)c1ccccc1. The molecule has 2 nitrogen and oxygen atoms in total. The van der Waals surface area contributed by atoms with Gasteiger partial charge in [0.25, 0.3) is 0 Å². The van der Waals surface area contributed by atoms with Gasteiger partial charge in [0.2, 0.25) is 0 Å². The molecule has 2 heterocycles. The number of fused-ring (bicyclic) bond motifs is 1. The first kappa shape index (κ1) is 21.5. The molecule has 168 valence electrons. The Balaban J connectivity index is 1.28. The van der Waals surface area contributed by atoms with E-state index in [4.69, 9.17) is 4.42 Å². The Labute approximate surface area is 191 Å². The van der Waals surface area contributed by atoms with E-state index in [0.29, 0.717) is 11.0 Å². The molecule has 0 radical (unpaired) electrons. The third kappa shape index (κ3) is 4.41. The number of nitrogens with zero attached hydrogens (tertiary/aromatic N) is 1. The highest BCUT2D eigenvalue weighted by molar-refractivity contribution is 5.91. The predicted octanol–water partition coefficient (Wildman–Crippen LogP) is 7.59. The molecule has 1 saturated carbocycles. The summed E-state index contributed by atoms with van der Waals surface area (Å²) < 4.78 is 19.7. The molecule has 0 saturated heterocycles. The number of furan rings is 1. The van der Waals surface area contributed by atoms with E-state index in [9.17, 15) is 4.39 Å². The Kier molecular flexibility index (Phi) is 6.19. The molecule has 3 aromatic rings. The van der Waals surface area contributed by atoms with Gasteiger partial charge in [0, 0.05) is 18.7 Å². The highest BCUT2D eigenvalue weighted by atomic mass is 19.1. The molecule has 5 rings (SSSR count). The van der Waals surface area contributed by atoms with E-state index in [1.807, 2.05) is 6.07 Å². The van der Waals surface area contributed by atoms with Crippen LogP contribution in [0.5, 0.6) is 0 Å². The molecule has 0 N–H and O–H groups in total. The lowest BCUT2D eigenvalue weighted by Gasteiger charge is -2.37. The van der Waals surface area contributed by atoms with Gasteiger partial charge in [-0.15, -0.1) is 0 Å². The molecule has 3 heteroatoms. The van der Waals surface area contributed by atoms with Crippen molar-refractivity contribution in [2.75, 3.05) is 19.6 Å². The minimum absolute atomic E-state index is 0.205. The van der Waals surface area contributed by atoms with Crippen molar-refractivity contribution in [3.63, 3.8) is 0 Å². The zero-order valence-electron chi connectivity index (χ0n) is 19.2. The van der Waals surface area contributed by atoms with E-state index >= 15 is 0 Å². The van der Waals surface area contributed by atoms with Crippen molar-refractivity contribution in [1.82, 2.24) is 4.90 Å². The van der Waals surface area contributed by atoms with Crippen molar-refractivity contribution in [3.05, 3.63) is 77.8 Å². The van der Waals surface area contributed by atoms with E-state index in [-0.39, 0.29) is 11.2 Å². The molecule has 2 aliphatic rings. The van der Waals surface area contributed by atoms with Crippen LogP contribution in [-0.2, 0) is 5.41 Å². The normalized spacial score (nSPS) is 19.9. The Hall–Kier alpha value is -2.39. The van der Waals surface area contributed by atoms with Gasteiger partial charge in [-0.1, -0.05) is 75.4 Å². The van der Waals surface area contributed by atoms with Gasteiger partial charge in [-0.2, -0.15) is 0 Å². The molecule has 1 aliphatic carbocycles. The number of halogens is 1. The fraction of sp³-hybridized carbons (Fsp3) is 0.448.